The highest BCUT2D eigenvalue weighted by Gasteiger charge is 2.09. The van der Waals surface area contributed by atoms with Gasteiger partial charge in [-0.2, -0.15) is 0 Å². The van der Waals surface area contributed by atoms with E-state index in [2.05, 4.69) is 42.3 Å². The van der Waals surface area contributed by atoms with Gasteiger partial charge in [-0.05, 0) is 73.5 Å². The molecule has 0 aliphatic carbocycles. The van der Waals surface area contributed by atoms with E-state index in [-0.39, 0.29) is 18.0 Å². The van der Waals surface area contributed by atoms with Crippen molar-refractivity contribution in [3.63, 3.8) is 0 Å². The third kappa shape index (κ3) is 4.44. The van der Waals surface area contributed by atoms with Gasteiger partial charge >= 0.3 is 0 Å². The molecule has 0 spiro atoms. The molecule has 150 valence electrons. The lowest BCUT2D eigenvalue weighted by atomic mass is 10.1. The molecule has 0 saturated heterocycles. The summed E-state index contributed by atoms with van der Waals surface area (Å²) in [7, 11) is 0. The Hall–Kier alpha value is -3.38. The lowest BCUT2D eigenvalue weighted by molar-refractivity contribution is -0.116. The molecule has 0 saturated carbocycles. The fourth-order valence-corrected chi connectivity index (χ4v) is 4.06. The Morgan fingerprint density at radius 1 is 0.967 bits per heavy atom. The Bertz CT molecular complexity index is 1280. The number of nitrogens with one attached hydrogen (secondary N) is 1. The summed E-state index contributed by atoms with van der Waals surface area (Å²) >= 11 is 1.68. The van der Waals surface area contributed by atoms with Gasteiger partial charge in [0.25, 0.3) is 5.56 Å². The molecule has 6 heteroatoms. The summed E-state index contributed by atoms with van der Waals surface area (Å²) in [6.07, 6.45) is 1.24. The topological polar surface area (TPSA) is 64.0 Å². The van der Waals surface area contributed by atoms with Crippen molar-refractivity contribution < 1.29 is 4.79 Å². The summed E-state index contributed by atoms with van der Waals surface area (Å²) < 4.78 is 1.43. The van der Waals surface area contributed by atoms with Crippen LogP contribution in [0.5, 0.6) is 0 Å². The van der Waals surface area contributed by atoms with Crippen LogP contribution in [0.2, 0.25) is 0 Å². The summed E-state index contributed by atoms with van der Waals surface area (Å²) in [5.41, 5.74) is 4.25. The maximum absolute atomic E-state index is 12.5. The molecule has 1 amide bonds. The van der Waals surface area contributed by atoms with Gasteiger partial charge in [-0.3, -0.25) is 14.2 Å². The summed E-state index contributed by atoms with van der Waals surface area (Å²) in [4.78, 5) is 31.1. The number of benzene rings is 3. The van der Waals surface area contributed by atoms with E-state index in [9.17, 15) is 9.59 Å². The maximum Gasteiger partial charge on any atom is 0.269 e. The van der Waals surface area contributed by atoms with E-state index in [1.165, 1.54) is 26.8 Å². The highest BCUT2D eigenvalue weighted by atomic mass is 32.2. The first kappa shape index (κ1) is 19.9. The molecule has 0 aliphatic heterocycles. The fourth-order valence-electron chi connectivity index (χ4n) is 3.14. The maximum atomic E-state index is 12.5. The number of carbonyl (C=O) groups is 1. The van der Waals surface area contributed by atoms with Crippen LogP contribution >= 0.6 is 11.8 Å². The molecule has 0 fully saturated rings. The first-order valence-electron chi connectivity index (χ1n) is 9.59. The monoisotopic (exact) mass is 415 g/mol. The van der Waals surface area contributed by atoms with Crippen molar-refractivity contribution in [2.24, 2.45) is 0 Å². The van der Waals surface area contributed by atoms with Gasteiger partial charge in [0.05, 0.1) is 17.2 Å². The van der Waals surface area contributed by atoms with Gasteiger partial charge in [0.15, 0.2) is 0 Å². The minimum Gasteiger partial charge on any atom is -0.325 e. The van der Waals surface area contributed by atoms with Gasteiger partial charge in [-0.25, -0.2) is 4.98 Å². The van der Waals surface area contributed by atoms with Crippen LogP contribution in [0.3, 0.4) is 0 Å². The van der Waals surface area contributed by atoms with Crippen molar-refractivity contribution in [1.29, 1.82) is 0 Å². The number of nitrogens with zero attached hydrogens (tertiary/aromatic N) is 2. The number of rotatable bonds is 5. The van der Waals surface area contributed by atoms with E-state index >= 15 is 0 Å². The van der Waals surface area contributed by atoms with Gasteiger partial charge in [0.1, 0.15) is 6.54 Å². The van der Waals surface area contributed by atoms with Crippen molar-refractivity contribution in [1.82, 2.24) is 9.55 Å². The highest BCUT2D eigenvalue weighted by Crippen LogP contribution is 2.29. The van der Waals surface area contributed by atoms with E-state index in [1.54, 1.807) is 17.8 Å². The van der Waals surface area contributed by atoms with Crippen LogP contribution in [-0.4, -0.2) is 15.5 Å². The Kier molecular flexibility index (Phi) is 5.68. The van der Waals surface area contributed by atoms with E-state index < -0.39 is 0 Å². The molecule has 0 aliphatic rings. The number of carbonyl (C=O) groups excluding carboxylic acids is 1. The first-order chi connectivity index (χ1) is 14.5. The van der Waals surface area contributed by atoms with Gasteiger partial charge in [-0.15, -0.1) is 0 Å². The first-order valence-corrected chi connectivity index (χ1v) is 10.4. The van der Waals surface area contributed by atoms with Crippen LogP contribution in [0, 0.1) is 13.8 Å². The van der Waals surface area contributed by atoms with Crippen LogP contribution in [0.25, 0.3) is 11.0 Å². The number of hydrogen-bond donors (Lipinski definition) is 1. The molecule has 1 aromatic heterocycles. The van der Waals surface area contributed by atoms with Crippen LogP contribution in [0.1, 0.15) is 11.1 Å². The number of aryl methyl sites for hydroxylation is 2. The van der Waals surface area contributed by atoms with Crippen molar-refractivity contribution in [3.05, 3.63) is 94.4 Å². The minimum absolute atomic E-state index is 0.0684. The predicted molar refractivity (Wildman–Crippen MR) is 121 cm³/mol. The van der Waals surface area contributed by atoms with Crippen molar-refractivity contribution in [2.45, 2.75) is 30.2 Å². The zero-order valence-electron chi connectivity index (χ0n) is 16.8. The van der Waals surface area contributed by atoms with E-state index in [4.69, 9.17) is 0 Å². The highest BCUT2D eigenvalue weighted by molar-refractivity contribution is 7.99. The number of hydrogen-bond acceptors (Lipinski definition) is 4. The SMILES string of the molecule is Cc1ccc(Sc2ccc(NC(=O)Cn3c(=O)cnc4ccccc43)cc2)cc1C. The molecule has 0 atom stereocenters. The van der Waals surface area contributed by atoms with E-state index in [1.807, 2.05) is 42.5 Å². The quantitative estimate of drug-likeness (QED) is 0.508. The predicted octanol–water partition coefficient (Wildman–Crippen LogP) is 4.80. The molecular formula is C24H21N3O2S. The molecule has 0 bridgehead atoms. The summed E-state index contributed by atoms with van der Waals surface area (Å²) in [6, 6.07) is 21.4. The number of para-hydroxylation sites is 2. The Balaban J connectivity index is 1.45. The third-order valence-corrected chi connectivity index (χ3v) is 5.90. The summed E-state index contributed by atoms with van der Waals surface area (Å²) in [6.45, 7) is 4.14. The molecule has 0 radical (unpaired) electrons. The van der Waals surface area contributed by atoms with E-state index in [0.29, 0.717) is 16.7 Å². The van der Waals surface area contributed by atoms with Gasteiger partial charge in [-0.1, -0.05) is 30.0 Å². The van der Waals surface area contributed by atoms with Crippen LogP contribution in [0.4, 0.5) is 5.69 Å². The molecule has 3 aromatic carbocycles. The second-order valence-corrected chi connectivity index (χ2v) is 8.24. The number of anilines is 1. The molecular weight excluding hydrogens is 394 g/mol. The average molecular weight is 416 g/mol. The lowest BCUT2D eigenvalue weighted by Gasteiger charge is -2.10. The van der Waals surface area contributed by atoms with Gasteiger partial charge in [0.2, 0.25) is 5.91 Å². The number of aromatic nitrogens is 2. The third-order valence-electron chi connectivity index (χ3n) is 4.91. The molecule has 4 rings (SSSR count). The molecule has 0 unspecified atom stereocenters. The number of fused-ring (bicyclic) bond motifs is 1. The second-order valence-electron chi connectivity index (χ2n) is 7.09. The van der Waals surface area contributed by atoms with Crippen LogP contribution in [0.15, 0.2) is 87.5 Å². The van der Waals surface area contributed by atoms with E-state index in [0.717, 1.165) is 4.90 Å². The zero-order valence-corrected chi connectivity index (χ0v) is 17.6. The second kappa shape index (κ2) is 8.55. The summed E-state index contributed by atoms with van der Waals surface area (Å²) in [5, 5.41) is 2.86. The summed E-state index contributed by atoms with van der Waals surface area (Å²) in [5.74, 6) is -0.261. The normalized spacial score (nSPS) is 10.9. The molecule has 5 nitrogen and oxygen atoms in total. The Morgan fingerprint density at radius 2 is 1.70 bits per heavy atom. The smallest absolute Gasteiger partial charge is 0.269 e. The Morgan fingerprint density at radius 3 is 2.47 bits per heavy atom. The molecule has 30 heavy (non-hydrogen) atoms. The molecule has 1 N–H and O–H groups in total. The fraction of sp³-hybridized carbons (Fsp3) is 0.125. The minimum atomic E-state index is -0.302. The van der Waals surface area contributed by atoms with Crippen molar-refractivity contribution >= 4 is 34.4 Å². The van der Waals surface area contributed by atoms with Gasteiger partial charge in [0, 0.05) is 15.5 Å². The van der Waals surface area contributed by atoms with Crippen molar-refractivity contribution in [2.75, 3.05) is 5.32 Å². The number of amides is 1. The van der Waals surface area contributed by atoms with Gasteiger partial charge < -0.3 is 5.32 Å². The van der Waals surface area contributed by atoms with Crippen LogP contribution < -0.4 is 10.9 Å². The molecule has 1 heterocycles. The molecule has 4 aromatic rings. The average Bonchev–Trinajstić information content (AvgIpc) is 2.74. The van der Waals surface area contributed by atoms with Crippen LogP contribution in [-0.2, 0) is 11.3 Å². The standard InChI is InChI=1S/C24H21N3O2S/c1-16-7-10-20(13-17(16)2)30-19-11-8-18(9-12-19)26-23(28)15-27-22-6-4-3-5-21(22)25-14-24(27)29/h3-14H,15H2,1-2H3,(H,26,28). The zero-order chi connectivity index (χ0) is 21.1. The van der Waals surface area contributed by atoms with Crippen molar-refractivity contribution in [3.8, 4) is 0 Å². The largest absolute Gasteiger partial charge is 0.325 e. The Labute approximate surface area is 178 Å². The lowest BCUT2D eigenvalue weighted by Crippen LogP contribution is -2.27.